The van der Waals surface area contributed by atoms with Crippen LogP contribution in [0.15, 0.2) is 41.6 Å². The third-order valence-electron chi connectivity index (χ3n) is 2.96. The summed E-state index contributed by atoms with van der Waals surface area (Å²) in [5.41, 5.74) is 2.32. The number of aromatic nitrogens is 2. The zero-order valence-corrected chi connectivity index (χ0v) is 13.4. The molecule has 0 aliphatic heterocycles. The Morgan fingerprint density at radius 1 is 1.24 bits per heavy atom. The van der Waals surface area contributed by atoms with Crippen LogP contribution in [-0.2, 0) is 22.4 Å². The van der Waals surface area contributed by atoms with E-state index in [2.05, 4.69) is 9.97 Å². The van der Waals surface area contributed by atoms with E-state index in [1.54, 1.807) is 12.1 Å². The van der Waals surface area contributed by atoms with E-state index in [-0.39, 0.29) is 11.6 Å². The summed E-state index contributed by atoms with van der Waals surface area (Å²) in [5.74, 6) is 0.302. The largest absolute Gasteiger partial charge is 0.260 e. The summed E-state index contributed by atoms with van der Waals surface area (Å²) < 4.78 is 26.1. The van der Waals surface area contributed by atoms with Gasteiger partial charge in [-0.3, -0.25) is 4.98 Å². The third kappa shape index (κ3) is 3.78. The van der Waals surface area contributed by atoms with Crippen LogP contribution in [0.1, 0.15) is 17.0 Å². The summed E-state index contributed by atoms with van der Waals surface area (Å²) in [6.07, 6.45) is 1.47. The maximum atomic E-state index is 12.4. The molecule has 5 nitrogen and oxygen atoms in total. The number of pyridine rings is 2. The Morgan fingerprint density at radius 3 is 2.57 bits per heavy atom. The molecule has 0 saturated heterocycles. The Kier molecular flexibility index (Phi) is 4.92. The van der Waals surface area contributed by atoms with Crippen molar-refractivity contribution in [3.8, 4) is 0 Å². The first-order valence-corrected chi connectivity index (χ1v) is 8.30. The van der Waals surface area contributed by atoms with Gasteiger partial charge in [0.15, 0.2) is 5.03 Å². The fourth-order valence-corrected chi connectivity index (χ4v) is 3.01. The van der Waals surface area contributed by atoms with Crippen molar-refractivity contribution >= 4 is 21.6 Å². The average Bonchev–Trinajstić information content (AvgIpc) is 2.47. The summed E-state index contributed by atoms with van der Waals surface area (Å²) >= 11 is 5.67. The highest BCUT2D eigenvalue weighted by Gasteiger charge is 2.22. The summed E-state index contributed by atoms with van der Waals surface area (Å²) in [4.78, 5) is 8.27. The highest BCUT2D eigenvalue weighted by molar-refractivity contribution is 7.89. The number of hydrogen-bond acceptors (Lipinski definition) is 4. The molecule has 0 aliphatic carbocycles. The highest BCUT2D eigenvalue weighted by Crippen LogP contribution is 2.15. The molecular weight excluding hydrogens is 310 g/mol. The first kappa shape index (κ1) is 15.9. The van der Waals surface area contributed by atoms with Gasteiger partial charge < -0.3 is 0 Å². The zero-order valence-electron chi connectivity index (χ0n) is 11.8. The van der Waals surface area contributed by atoms with Crippen molar-refractivity contribution in [2.24, 2.45) is 0 Å². The first-order chi connectivity index (χ1) is 9.93. The Hall–Kier alpha value is -1.50. The Balaban J connectivity index is 2.21. The van der Waals surface area contributed by atoms with Gasteiger partial charge in [0, 0.05) is 24.8 Å². The molecule has 0 radical (unpaired) electrons. The van der Waals surface area contributed by atoms with Gasteiger partial charge in [0.1, 0.15) is 0 Å². The van der Waals surface area contributed by atoms with Crippen molar-refractivity contribution in [3.05, 3.63) is 53.5 Å². The van der Waals surface area contributed by atoms with E-state index in [1.807, 2.05) is 19.1 Å². The maximum absolute atomic E-state index is 12.4. The second-order valence-corrected chi connectivity index (χ2v) is 6.93. The number of alkyl halides is 1. The van der Waals surface area contributed by atoms with Crippen LogP contribution < -0.4 is 0 Å². The predicted molar refractivity (Wildman–Crippen MR) is 81.4 cm³/mol. The molecule has 2 rings (SSSR count). The average molecular weight is 326 g/mol. The molecule has 112 valence electrons. The van der Waals surface area contributed by atoms with Gasteiger partial charge in [-0.05, 0) is 30.7 Å². The fraction of sp³-hybridized carbons (Fsp3) is 0.286. The van der Waals surface area contributed by atoms with Crippen LogP contribution in [0.4, 0.5) is 0 Å². The summed E-state index contributed by atoms with van der Waals surface area (Å²) in [6.45, 7) is 2.06. The molecule has 2 aromatic rings. The molecule has 0 bridgehead atoms. The molecule has 0 atom stereocenters. The highest BCUT2D eigenvalue weighted by atomic mass is 35.5. The molecule has 0 spiro atoms. The Morgan fingerprint density at radius 2 is 2.00 bits per heavy atom. The van der Waals surface area contributed by atoms with Crippen molar-refractivity contribution in [1.29, 1.82) is 0 Å². The van der Waals surface area contributed by atoms with E-state index in [1.165, 1.54) is 23.6 Å². The van der Waals surface area contributed by atoms with E-state index in [9.17, 15) is 8.42 Å². The van der Waals surface area contributed by atoms with Gasteiger partial charge >= 0.3 is 0 Å². The minimum atomic E-state index is -3.64. The number of halogens is 1. The van der Waals surface area contributed by atoms with Gasteiger partial charge in [-0.1, -0.05) is 12.1 Å². The van der Waals surface area contributed by atoms with Gasteiger partial charge in [0.05, 0.1) is 12.2 Å². The summed E-state index contributed by atoms with van der Waals surface area (Å²) in [6, 6.07) is 8.64. The molecule has 0 unspecified atom stereocenters. The molecule has 2 heterocycles. The monoisotopic (exact) mass is 325 g/mol. The maximum Gasteiger partial charge on any atom is 0.260 e. The van der Waals surface area contributed by atoms with Gasteiger partial charge in [-0.2, -0.15) is 4.31 Å². The number of aryl methyl sites for hydroxylation is 1. The van der Waals surface area contributed by atoms with Crippen LogP contribution in [-0.4, -0.2) is 29.7 Å². The number of nitrogens with zero attached hydrogens (tertiary/aromatic N) is 3. The third-order valence-corrected chi connectivity index (χ3v) is 4.99. The van der Waals surface area contributed by atoms with Crippen LogP contribution in [0.3, 0.4) is 0 Å². The molecule has 0 fully saturated rings. The van der Waals surface area contributed by atoms with Crippen LogP contribution >= 0.6 is 11.6 Å². The van der Waals surface area contributed by atoms with Crippen molar-refractivity contribution in [1.82, 2.24) is 14.3 Å². The Bertz CT molecular complexity index is 717. The van der Waals surface area contributed by atoms with Gasteiger partial charge in [0.25, 0.3) is 10.0 Å². The summed E-state index contributed by atoms with van der Waals surface area (Å²) in [7, 11) is -2.13. The molecule has 21 heavy (non-hydrogen) atoms. The summed E-state index contributed by atoms with van der Waals surface area (Å²) in [5, 5.41) is 0.00604. The second kappa shape index (κ2) is 6.51. The molecule has 0 amide bonds. The minimum absolute atomic E-state index is 0.00604. The smallest absolute Gasteiger partial charge is 0.257 e. The Labute approximate surface area is 129 Å². The van der Waals surface area contributed by atoms with Gasteiger partial charge in [0.2, 0.25) is 0 Å². The molecule has 0 aromatic carbocycles. The van der Waals surface area contributed by atoms with Gasteiger partial charge in [-0.25, -0.2) is 13.4 Å². The molecule has 0 saturated carbocycles. The van der Waals surface area contributed by atoms with E-state index in [0.717, 1.165) is 11.3 Å². The lowest BCUT2D eigenvalue weighted by Gasteiger charge is -2.16. The number of rotatable bonds is 5. The number of hydrogen-bond donors (Lipinski definition) is 0. The second-order valence-electron chi connectivity index (χ2n) is 4.67. The lowest BCUT2D eigenvalue weighted by atomic mass is 10.3. The van der Waals surface area contributed by atoms with E-state index >= 15 is 0 Å². The lowest BCUT2D eigenvalue weighted by molar-refractivity contribution is 0.459. The minimum Gasteiger partial charge on any atom is -0.257 e. The molecule has 2 aromatic heterocycles. The van der Waals surface area contributed by atoms with Crippen LogP contribution in [0.2, 0.25) is 0 Å². The van der Waals surface area contributed by atoms with Crippen LogP contribution in [0.25, 0.3) is 0 Å². The quantitative estimate of drug-likeness (QED) is 0.792. The lowest BCUT2D eigenvalue weighted by Crippen LogP contribution is -2.27. The van der Waals surface area contributed by atoms with Crippen LogP contribution in [0, 0.1) is 6.92 Å². The topological polar surface area (TPSA) is 63.2 Å². The zero-order chi connectivity index (χ0) is 15.5. The van der Waals surface area contributed by atoms with E-state index in [4.69, 9.17) is 11.6 Å². The molecule has 0 N–H and O–H groups in total. The van der Waals surface area contributed by atoms with Crippen molar-refractivity contribution in [2.75, 3.05) is 7.05 Å². The van der Waals surface area contributed by atoms with Gasteiger partial charge in [-0.15, -0.1) is 11.6 Å². The fourth-order valence-electron chi connectivity index (χ4n) is 1.80. The molecule has 7 heteroatoms. The van der Waals surface area contributed by atoms with Crippen molar-refractivity contribution in [3.63, 3.8) is 0 Å². The molecular formula is C14H16ClN3O2S. The predicted octanol–water partition coefficient (Wildman–Crippen LogP) is 2.34. The van der Waals surface area contributed by atoms with E-state index < -0.39 is 10.0 Å². The standard InChI is InChI=1S/C14H16ClN3O2S/c1-11-4-3-5-13(17-11)10-18(2)21(19,20)14-7-6-12(8-15)9-16-14/h3-7,9H,8,10H2,1-2H3. The van der Waals surface area contributed by atoms with Crippen LogP contribution in [0.5, 0.6) is 0 Å². The van der Waals surface area contributed by atoms with Crippen molar-refractivity contribution in [2.45, 2.75) is 24.4 Å². The first-order valence-electron chi connectivity index (χ1n) is 6.33. The van der Waals surface area contributed by atoms with E-state index in [0.29, 0.717) is 11.6 Å². The van der Waals surface area contributed by atoms with Crippen molar-refractivity contribution < 1.29 is 8.42 Å². The SMILES string of the molecule is Cc1cccc(CN(C)S(=O)(=O)c2ccc(CCl)cn2)n1. The number of sulfonamides is 1. The normalized spacial score (nSPS) is 11.8. The molecule has 0 aliphatic rings.